The Morgan fingerprint density at radius 1 is 1.39 bits per heavy atom. The number of hydrogen-bond donors (Lipinski definition) is 2. The van der Waals surface area contributed by atoms with Crippen LogP contribution in [0, 0.1) is 12.7 Å². The van der Waals surface area contributed by atoms with Gasteiger partial charge >= 0.3 is 0 Å². The van der Waals surface area contributed by atoms with E-state index in [1.807, 2.05) is 13.0 Å². The van der Waals surface area contributed by atoms with Gasteiger partial charge in [-0.3, -0.25) is 4.79 Å². The molecule has 0 aliphatic rings. The van der Waals surface area contributed by atoms with E-state index < -0.39 is 11.7 Å². The zero-order chi connectivity index (χ0) is 13.1. The molecule has 0 radical (unpaired) electrons. The van der Waals surface area contributed by atoms with E-state index in [1.54, 1.807) is 6.07 Å². The molecule has 1 heterocycles. The van der Waals surface area contributed by atoms with E-state index in [0.29, 0.717) is 12.3 Å². The molecule has 1 amide bonds. The van der Waals surface area contributed by atoms with E-state index in [9.17, 15) is 9.18 Å². The molecule has 1 aromatic carbocycles. The zero-order valence-electron chi connectivity index (χ0n) is 9.87. The normalized spacial score (nSPS) is 10.3. The summed E-state index contributed by atoms with van der Waals surface area (Å²) >= 11 is 0. The summed E-state index contributed by atoms with van der Waals surface area (Å²) in [4.78, 5) is 11.0. The molecule has 0 unspecified atom stereocenters. The summed E-state index contributed by atoms with van der Waals surface area (Å²) < 4.78 is 18.8. The molecule has 5 heteroatoms. The van der Waals surface area contributed by atoms with Crippen LogP contribution in [-0.2, 0) is 6.54 Å². The molecule has 0 spiro atoms. The van der Waals surface area contributed by atoms with E-state index in [-0.39, 0.29) is 11.3 Å². The summed E-state index contributed by atoms with van der Waals surface area (Å²) in [7, 11) is 0. The first-order valence-electron chi connectivity index (χ1n) is 5.45. The van der Waals surface area contributed by atoms with E-state index in [0.717, 1.165) is 5.76 Å². The Morgan fingerprint density at radius 3 is 2.78 bits per heavy atom. The minimum atomic E-state index is -0.591. The maximum absolute atomic E-state index is 13.5. The minimum absolute atomic E-state index is 0.223. The topological polar surface area (TPSA) is 68.3 Å². The van der Waals surface area contributed by atoms with Crippen molar-refractivity contribution in [1.29, 1.82) is 0 Å². The van der Waals surface area contributed by atoms with Crippen molar-refractivity contribution in [1.82, 2.24) is 0 Å². The van der Waals surface area contributed by atoms with E-state index in [1.165, 1.54) is 18.2 Å². The highest BCUT2D eigenvalue weighted by atomic mass is 19.1. The van der Waals surface area contributed by atoms with Crippen molar-refractivity contribution in [3.05, 3.63) is 53.2 Å². The third-order valence-electron chi connectivity index (χ3n) is 2.50. The fraction of sp³-hybridized carbons (Fsp3) is 0.154. The molecule has 0 bridgehead atoms. The van der Waals surface area contributed by atoms with Crippen molar-refractivity contribution < 1.29 is 13.6 Å². The molecule has 0 atom stereocenters. The number of primary amides is 1. The molecule has 2 rings (SSSR count). The van der Waals surface area contributed by atoms with Crippen molar-refractivity contribution >= 4 is 11.6 Å². The average molecular weight is 248 g/mol. The zero-order valence-corrected chi connectivity index (χ0v) is 9.87. The van der Waals surface area contributed by atoms with Crippen LogP contribution in [0.1, 0.15) is 21.9 Å². The number of halogens is 1. The molecule has 1 aromatic heterocycles. The lowest BCUT2D eigenvalue weighted by molar-refractivity contribution is 0.100. The van der Waals surface area contributed by atoms with Crippen LogP contribution in [0.3, 0.4) is 0 Å². The summed E-state index contributed by atoms with van der Waals surface area (Å²) in [6.07, 6.45) is 0. The standard InChI is InChI=1S/C13H13FN2O2/c1-8-2-4-10(18-8)7-16-12-6-9(13(15)17)3-5-11(12)14/h2-6,16H,7H2,1H3,(H2,15,17). The minimum Gasteiger partial charge on any atom is -0.465 e. The van der Waals surface area contributed by atoms with Crippen LogP contribution in [0.5, 0.6) is 0 Å². The number of nitrogens with one attached hydrogen (secondary N) is 1. The second kappa shape index (κ2) is 4.91. The van der Waals surface area contributed by atoms with Crippen LogP contribution >= 0.6 is 0 Å². The van der Waals surface area contributed by atoms with E-state index >= 15 is 0 Å². The predicted molar refractivity (Wildman–Crippen MR) is 65.7 cm³/mol. The molecule has 0 saturated heterocycles. The summed E-state index contributed by atoms with van der Waals surface area (Å²) in [5.41, 5.74) is 5.62. The van der Waals surface area contributed by atoms with Gasteiger partial charge in [-0.05, 0) is 37.3 Å². The maximum Gasteiger partial charge on any atom is 0.248 e. The lowest BCUT2D eigenvalue weighted by atomic mass is 10.2. The van der Waals surface area contributed by atoms with Crippen molar-refractivity contribution in [2.75, 3.05) is 5.32 Å². The SMILES string of the molecule is Cc1ccc(CNc2cc(C(N)=O)ccc2F)o1. The molecule has 0 aliphatic carbocycles. The molecule has 94 valence electrons. The molecule has 3 N–H and O–H groups in total. The van der Waals surface area contributed by atoms with Gasteiger partial charge in [0.25, 0.3) is 0 Å². The number of carbonyl (C=O) groups is 1. The highest BCUT2D eigenvalue weighted by molar-refractivity contribution is 5.93. The third kappa shape index (κ3) is 2.68. The second-order valence-electron chi connectivity index (χ2n) is 3.92. The van der Waals surface area contributed by atoms with E-state index in [4.69, 9.17) is 10.2 Å². The Morgan fingerprint density at radius 2 is 2.17 bits per heavy atom. The Balaban J connectivity index is 2.13. The molecule has 0 aliphatic heterocycles. The Bertz CT molecular complexity index is 578. The quantitative estimate of drug-likeness (QED) is 0.873. The van der Waals surface area contributed by atoms with Crippen molar-refractivity contribution in [2.24, 2.45) is 5.73 Å². The van der Waals surface area contributed by atoms with Gasteiger partial charge in [0.05, 0.1) is 12.2 Å². The Hall–Kier alpha value is -2.30. The number of anilines is 1. The maximum atomic E-state index is 13.5. The van der Waals surface area contributed by atoms with Gasteiger partial charge in [0, 0.05) is 5.56 Å². The molecule has 0 saturated carbocycles. The highest BCUT2D eigenvalue weighted by Gasteiger charge is 2.07. The van der Waals surface area contributed by atoms with Gasteiger partial charge < -0.3 is 15.5 Å². The van der Waals surface area contributed by atoms with Gasteiger partial charge in [-0.2, -0.15) is 0 Å². The van der Waals surface area contributed by atoms with Crippen molar-refractivity contribution in [3.63, 3.8) is 0 Å². The van der Waals surface area contributed by atoms with Crippen LogP contribution in [0.2, 0.25) is 0 Å². The molecular weight excluding hydrogens is 235 g/mol. The number of hydrogen-bond acceptors (Lipinski definition) is 3. The second-order valence-corrected chi connectivity index (χ2v) is 3.92. The van der Waals surface area contributed by atoms with Crippen molar-refractivity contribution in [2.45, 2.75) is 13.5 Å². The fourth-order valence-electron chi connectivity index (χ4n) is 1.58. The molecule has 4 nitrogen and oxygen atoms in total. The Labute approximate surface area is 104 Å². The lowest BCUT2D eigenvalue weighted by Crippen LogP contribution is -2.12. The van der Waals surface area contributed by atoms with E-state index in [2.05, 4.69) is 5.32 Å². The first-order chi connectivity index (χ1) is 8.56. The number of benzene rings is 1. The Kier molecular flexibility index (Phi) is 3.32. The first-order valence-corrected chi connectivity index (χ1v) is 5.45. The largest absolute Gasteiger partial charge is 0.465 e. The number of amides is 1. The smallest absolute Gasteiger partial charge is 0.248 e. The fourth-order valence-corrected chi connectivity index (χ4v) is 1.58. The van der Waals surface area contributed by atoms with Crippen LogP contribution in [0.25, 0.3) is 0 Å². The summed E-state index contributed by atoms with van der Waals surface area (Å²) in [5, 5.41) is 2.86. The average Bonchev–Trinajstić information content (AvgIpc) is 2.74. The number of furan rings is 1. The number of carbonyl (C=O) groups excluding carboxylic acids is 1. The van der Waals surface area contributed by atoms with Gasteiger partial charge in [0.2, 0.25) is 5.91 Å². The van der Waals surface area contributed by atoms with Gasteiger partial charge in [0.1, 0.15) is 17.3 Å². The first kappa shape index (κ1) is 12.2. The van der Waals surface area contributed by atoms with Gasteiger partial charge in [-0.1, -0.05) is 0 Å². The third-order valence-corrected chi connectivity index (χ3v) is 2.50. The van der Waals surface area contributed by atoms with Crippen LogP contribution in [0.4, 0.5) is 10.1 Å². The summed E-state index contributed by atoms with van der Waals surface area (Å²) in [6.45, 7) is 2.17. The number of rotatable bonds is 4. The number of nitrogens with two attached hydrogens (primary N) is 1. The van der Waals surface area contributed by atoms with Gasteiger partial charge in [-0.15, -0.1) is 0 Å². The predicted octanol–water partition coefficient (Wildman–Crippen LogP) is 2.44. The van der Waals surface area contributed by atoms with Gasteiger partial charge in [0.15, 0.2) is 0 Å². The van der Waals surface area contributed by atoms with Crippen LogP contribution < -0.4 is 11.1 Å². The van der Waals surface area contributed by atoms with Crippen LogP contribution in [0.15, 0.2) is 34.7 Å². The summed E-state index contributed by atoms with van der Waals surface area (Å²) in [6, 6.07) is 7.56. The molecule has 18 heavy (non-hydrogen) atoms. The monoisotopic (exact) mass is 248 g/mol. The van der Waals surface area contributed by atoms with Gasteiger partial charge in [-0.25, -0.2) is 4.39 Å². The molecular formula is C13H13FN2O2. The van der Waals surface area contributed by atoms with Crippen molar-refractivity contribution in [3.8, 4) is 0 Å². The molecule has 2 aromatic rings. The summed E-state index contributed by atoms with van der Waals surface area (Å²) in [5.74, 6) is 0.449. The van der Waals surface area contributed by atoms with Crippen LogP contribution in [-0.4, -0.2) is 5.91 Å². The lowest BCUT2D eigenvalue weighted by Gasteiger charge is -2.07. The number of aryl methyl sites for hydroxylation is 1. The highest BCUT2D eigenvalue weighted by Crippen LogP contribution is 2.17. The molecule has 0 fully saturated rings.